The Labute approximate surface area is 141 Å². The first-order valence-electron chi connectivity index (χ1n) is 7.11. The van der Waals surface area contributed by atoms with E-state index in [9.17, 15) is 0 Å². The number of rotatable bonds is 9. The molecule has 0 rings (SSSR count). The number of ether oxygens (including phenoxy) is 1. The molecule has 0 aliphatic carbocycles. The molecule has 0 aromatic rings. The molecule has 0 aromatic heterocycles. The third-order valence-electron chi connectivity index (χ3n) is 3.02. The van der Waals surface area contributed by atoms with Gasteiger partial charge in [0.15, 0.2) is 5.96 Å². The lowest BCUT2D eigenvalue weighted by molar-refractivity contribution is 0.195. The summed E-state index contributed by atoms with van der Waals surface area (Å²) in [6.07, 6.45) is 2.17. The summed E-state index contributed by atoms with van der Waals surface area (Å²) in [5, 5.41) is 6.68. The molecule has 0 bridgehead atoms. The molecule has 0 saturated carbocycles. The fourth-order valence-corrected chi connectivity index (χ4v) is 1.88. The van der Waals surface area contributed by atoms with E-state index in [1.54, 1.807) is 14.2 Å². The third-order valence-corrected chi connectivity index (χ3v) is 3.02. The molecular weight excluding hydrogens is 367 g/mol. The fourth-order valence-electron chi connectivity index (χ4n) is 1.88. The van der Waals surface area contributed by atoms with E-state index in [4.69, 9.17) is 4.74 Å². The highest BCUT2D eigenvalue weighted by molar-refractivity contribution is 14.0. The molecule has 20 heavy (non-hydrogen) atoms. The Bertz CT molecular complexity index is 247. The first-order chi connectivity index (χ1) is 9.01. The Kier molecular flexibility index (Phi) is 15.4. The predicted molar refractivity (Wildman–Crippen MR) is 98.2 cm³/mol. The van der Waals surface area contributed by atoms with Crippen molar-refractivity contribution in [1.82, 2.24) is 15.5 Å². The van der Waals surface area contributed by atoms with Gasteiger partial charge >= 0.3 is 0 Å². The quantitative estimate of drug-likeness (QED) is 0.268. The molecule has 6 heteroatoms. The van der Waals surface area contributed by atoms with Gasteiger partial charge in [-0.05, 0) is 32.9 Å². The van der Waals surface area contributed by atoms with Gasteiger partial charge in [0, 0.05) is 39.9 Å². The van der Waals surface area contributed by atoms with Crippen LogP contribution in [0, 0.1) is 5.92 Å². The van der Waals surface area contributed by atoms with Crippen LogP contribution >= 0.6 is 24.0 Å². The first kappa shape index (κ1) is 22.2. The van der Waals surface area contributed by atoms with Crippen molar-refractivity contribution in [2.24, 2.45) is 10.9 Å². The number of guanidine groups is 1. The fraction of sp³-hybridized carbons (Fsp3) is 0.929. The van der Waals surface area contributed by atoms with E-state index in [2.05, 4.69) is 48.5 Å². The van der Waals surface area contributed by atoms with Crippen LogP contribution in [0.4, 0.5) is 0 Å². The molecular formula is C14H33IN4O. The Morgan fingerprint density at radius 2 is 1.90 bits per heavy atom. The Hall–Kier alpha value is -0.0800. The molecule has 0 heterocycles. The van der Waals surface area contributed by atoms with E-state index in [-0.39, 0.29) is 24.0 Å². The van der Waals surface area contributed by atoms with Crippen LogP contribution in [0.2, 0.25) is 0 Å². The number of nitrogens with zero attached hydrogens (tertiary/aromatic N) is 2. The van der Waals surface area contributed by atoms with Crippen molar-refractivity contribution in [2.45, 2.75) is 32.7 Å². The monoisotopic (exact) mass is 400 g/mol. The van der Waals surface area contributed by atoms with Crippen LogP contribution in [0.5, 0.6) is 0 Å². The largest absolute Gasteiger partial charge is 0.385 e. The number of likely N-dealkylation sites (N-methyl/N-ethyl adjacent to an activating group) is 1. The summed E-state index contributed by atoms with van der Waals surface area (Å²) in [6.45, 7) is 7.08. The molecule has 0 saturated heterocycles. The van der Waals surface area contributed by atoms with E-state index >= 15 is 0 Å². The van der Waals surface area contributed by atoms with Crippen molar-refractivity contribution >= 4 is 29.9 Å². The minimum Gasteiger partial charge on any atom is -0.385 e. The van der Waals surface area contributed by atoms with Crippen LogP contribution in [-0.4, -0.2) is 64.9 Å². The molecule has 0 radical (unpaired) electrons. The minimum atomic E-state index is 0. The number of hydrogen-bond acceptors (Lipinski definition) is 3. The molecule has 0 spiro atoms. The molecule has 2 N–H and O–H groups in total. The van der Waals surface area contributed by atoms with Gasteiger partial charge in [0.05, 0.1) is 0 Å². The second kappa shape index (κ2) is 13.9. The minimum absolute atomic E-state index is 0. The van der Waals surface area contributed by atoms with Gasteiger partial charge in [0.2, 0.25) is 0 Å². The topological polar surface area (TPSA) is 48.9 Å². The van der Waals surface area contributed by atoms with Crippen molar-refractivity contribution in [3.8, 4) is 0 Å². The normalized spacial score (nSPS) is 13.3. The Morgan fingerprint density at radius 3 is 2.35 bits per heavy atom. The van der Waals surface area contributed by atoms with E-state index < -0.39 is 0 Å². The predicted octanol–water partition coefficient (Wildman–Crippen LogP) is 1.78. The summed E-state index contributed by atoms with van der Waals surface area (Å²) < 4.78 is 5.02. The highest BCUT2D eigenvalue weighted by Gasteiger charge is 2.13. The van der Waals surface area contributed by atoms with E-state index in [1.807, 2.05) is 0 Å². The summed E-state index contributed by atoms with van der Waals surface area (Å²) in [7, 11) is 7.78. The highest BCUT2D eigenvalue weighted by Crippen LogP contribution is 2.07. The Balaban J connectivity index is 0. The van der Waals surface area contributed by atoms with Crippen molar-refractivity contribution in [3.05, 3.63) is 0 Å². The molecule has 0 fully saturated rings. The van der Waals surface area contributed by atoms with Crippen LogP contribution in [0.3, 0.4) is 0 Å². The van der Waals surface area contributed by atoms with E-state index in [0.29, 0.717) is 12.0 Å². The maximum Gasteiger partial charge on any atom is 0.191 e. The molecule has 1 unspecified atom stereocenters. The number of aliphatic imine (C=N–C) groups is 1. The maximum absolute atomic E-state index is 5.02. The van der Waals surface area contributed by atoms with Gasteiger partial charge in [0.25, 0.3) is 0 Å². The first-order valence-corrected chi connectivity index (χ1v) is 7.11. The molecule has 0 aliphatic heterocycles. The van der Waals surface area contributed by atoms with Crippen molar-refractivity contribution in [3.63, 3.8) is 0 Å². The summed E-state index contributed by atoms with van der Waals surface area (Å²) in [6, 6.07) is 0.525. The average Bonchev–Trinajstić information content (AvgIpc) is 2.35. The van der Waals surface area contributed by atoms with Crippen molar-refractivity contribution < 1.29 is 4.74 Å². The van der Waals surface area contributed by atoms with Crippen LogP contribution in [0.1, 0.15) is 26.7 Å². The van der Waals surface area contributed by atoms with Gasteiger partial charge < -0.3 is 20.3 Å². The van der Waals surface area contributed by atoms with Crippen LogP contribution < -0.4 is 10.6 Å². The second-order valence-electron chi connectivity index (χ2n) is 5.47. The number of halogens is 1. The lowest BCUT2D eigenvalue weighted by Crippen LogP contribution is -2.45. The average molecular weight is 400 g/mol. The van der Waals surface area contributed by atoms with Crippen LogP contribution in [-0.2, 0) is 4.74 Å². The van der Waals surface area contributed by atoms with E-state index in [0.717, 1.165) is 32.1 Å². The number of hydrogen-bond donors (Lipinski definition) is 2. The zero-order chi connectivity index (χ0) is 14.7. The zero-order valence-electron chi connectivity index (χ0n) is 13.9. The molecule has 122 valence electrons. The summed E-state index contributed by atoms with van der Waals surface area (Å²) in [5.74, 6) is 1.57. The summed E-state index contributed by atoms with van der Waals surface area (Å²) in [5.41, 5.74) is 0. The molecule has 0 aromatic carbocycles. The van der Waals surface area contributed by atoms with Gasteiger partial charge in [-0.25, -0.2) is 0 Å². The smallest absolute Gasteiger partial charge is 0.191 e. The number of nitrogens with one attached hydrogen (secondary N) is 2. The third kappa shape index (κ3) is 11.7. The van der Waals surface area contributed by atoms with Crippen molar-refractivity contribution in [1.29, 1.82) is 0 Å². The lowest BCUT2D eigenvalue weighted by Gasteiger charge is -2.27. The Morgan fingerprint density at radius 1 is 1.25 bits per heavy atom. The van der Waals surface area contributed by atoms with Crippen LogP contribution in [0.25, 0.3) is 0 Å². The molecule has 0 aliphatic rings. The lowest BCUT2D eigenvalue weighted by atomic mass is 10.0. The molecule has 1 atom stereocenters. The highest BCUT2D eigenvalue weighted by atomic mass is 127. The SMILES string of the molecule is CN=C(NCCCOC)NCC(CC(C)C)N(C)C.I. The second-order valence-corrected chi connectivity index (χ2v) is 5.47. The van der Waals surface area contributed by atoms with Gasteiger partial charge in [-0.2, -0.15) is 0 Å². The summed E-state index contributed by atoms with van der Waals surface area (Å²) in [4.78, 5) is 6.50. The zero-order valence-corrected chi connectivity index (χ0v) is 16.2. The molecule has 5 nitrogen and oxygen atoms in total. The molecule has 0 amide bonds. The van der Waals surface area contributed by atoms with Gasteiger partial charge in [0.1, 0.15) is 0 Å². The standard InChI is InChI=1S/C14H32N4O.HI/c1-12(2)10-13(18(4)5)11-17-14(15-3)16-8-7-9-19-6;/h12-13H,7-11H2,1-6H3,(H2,15,16,17);1H. The van der Waals surface area contributed by atoms with Crippen molar-refractivity contribution in [2.75, 3.05) is 47.9 Å². The van der Waals surface area contributed by atoms with Gasteiger partial charge in [-0.1, -0.05) is 13.8 Å². The van der Waals surface area contributed by atoms with E-state index in [1.165, 1.54) is 6.42 Å². The summed E-state index contributed by atoms with van der Waals surface area (Å²) >= 11 is 0. The van der Waals surface area contributed by atoms with Gasteiger partial charge in [-0.15, -0.1) is 24.0 Å². The number of methoxy groups -OCH3 is 1. The van der Waals surface area contributed by atoms with Gasteiger partial charge in [-0.3, -0.25) is 4.99 Å². The van der Waals surface area contributed by atoms with Crippen LogP contribution in [0.15, 0.2) is 4.99 Å². The maximum atomic E-state index is 5.02.